The van der Waals surface area contributed by atoms with Crippen molar-refractivity contribution in [1.29, 1.82) is 0 Å². The van der Waals surface area contributed by atoms with Crippen molar-refractivity contribution in [2.45, 2.75) is 19.8 Å². The molecule has 1 aliphatic carbocycles. The lowest BCUT2D eigenvalue weighted by Gasteiger charge is -2.01. The Morgan fingerprint density at radius 3 is 2.82 bits per heavy atom. The topological polar surface area (TPSA) is 55.1 Å². The van der Waals surface area contributed by atoms with Gasteiger partial charge in [-0.1, -0.05) is 6.92 Å². The van der Waals surface area contributed by atoms with Crippen molar-refractivity contribution in [3.8, 4) is 0 Å². The van der Waals surface area contributed by atoms with E-state index in [0.29, 0.717) is 18.4 Å². The molecule has 64 valence electrons. The van der Waals surface area contributed by atoms with Gasteiger partial charge >= 0.3 is 0 Å². The molecule has 0 saturated heterocycles. The molecule has 3 N–H and O–H groups in total. The van der Waals surface area contributed by atoms with Gasteiger partial charge in [0.05, 0.1) is 0 Å². The lowest BCUT2D eigenvalue weighted by Crippen LogP contribution is -2.27. The van der Waals surface area contributed by atoms with Gasteiger partial charge in [0, 0.05) is 12.5 Å². The standard InChI is InChI=1S/C8H16N2O/c1-6-5-7(6)8(11)10-4-2-3-9/h6-7H,2-5,9H2,1H3,(H,10,11). The maximum atomic E-state index is 11.1. The summed E-state index contributed by atoms with van der Waals surface area (Å²) in [6, 6.07) is 0. The van der Waals surface area contributed by atoms with Crippen LogP contribution in [-0.4, -0.2) is 19.0 Å². The van der Waals surface area contributed by atoms with Gasteiger partial charge in [0.2, 0.25) is 5.91 Å². The molecule has 0 heterocycles. The summed E-state index contributed by atoms with van der Waals surface area (Å²) in [4.78, 5) is 11.1. The molecule has 0 aliphatic heterocycles. The molecule has 1 saturated carbocycles. The zero-order valence-electron chi connectivity index (χ0n) is 6.97. The largest absolute Gasteiger partial charge is 0.356 e. The van der Waals surface area contributed by atoms with E-state index in [1.807, 2.05) is 0 Å². The fourth-order valence-electron chi connectivity index (χ4n) is 1.13. The van der Waals surface area contributed by atoms with Crippen molar-refractivity contribution in [2.24, 2.45) is 17.6 Å². The van der Waals surface area contributed by atoms with E-state index in [2.05, 4.69) is 12.2 Å². The Bertz CT molecular complexity index is 147. The normalized spacial score (nSPS) is 28.2. The first-order valence-electron chi connectivity index (χ1n) is 4.23. The van der Waals surface area contributed by atoms with E-state index >= 15 is 0 Å². The predicted molar refractivity (Wildman–Crippen MR) is 44.0 cm³/mol. The molecule has 0 aromatic rings. The summed E-state index contributed by atoms with van der Waals surface area (Å²) in [6.45, 7) is 3.49. The molecule has 0 aromatic carbocycles. The number of rotatable bonds is 4. The van der Waals surface area contributed by atoms with E-state index < -0.39 is 0 Å². The molecule has 3 heteroatoms. The van der Waals surface area contributed by atoms with Crippen LogP contribution in [0.4, 0.5) is 0 Å². The lowest BCUT2D eigenvalue weighted by molar-refractivity contribution is -0.122. The fourth-order valence-corrected chi connectivity index (χ4v) is 1.13. The number of amides is 1. The minimum Gasteiger partial charge on any atom is -0.356 e. The van der Waals surface area contributed by atoms with Gasteiger partial charge in [0.15, 0.2) is 0 Å². The molecule has 0 aromatic heterocycles. The molecule has 3 nitrogen and oxygen atoms in total. The molecule has 0 bridgehead atoms. The summed E-state index contributed by atoms with van der Waals surface area (Å²) < 4.78 is 0. The Morgan fingerprint density at radius 2 is 2.36 bits per heavy atom. The van der Waals surface area contributed by atoms with E-state index in [9.17, 15) is 4.79 Å². The molecule has 1 amide bonds. The van der Waals surface area contributed by atoms with Gasteiger partial charge in [0.1, 0.15) is 0 Å². The Hall–Kier alpha value is -0.570. The Morgan fingerprint density at radius 1 is 1.73 bits per heavy atom. The quantitative estimate of drug-likeness (QED) is 0.567. The molecule has 0 radical (unpaired) electrons. The average Bonchev–Trinajstić information content (AvgIpc) is 2.67. The number of nitrogens with two attached hydrogens (primary N) is 1. The Labute approximate surface area is 67.3 Å². The Kier molecular flexibility index (Phi) is 2.88. The highest BCUT2D eigenvalue weighted by Gasteiger charge is 2.38. The van der Waals surface area contributed by atoms with Crippen LogP contribution >= 0.6 is 0 Å². The van der Waals surface area contributed by atoms with Crippen molar-refractivity contribution in [2.75, 3.05) is 13.1 Å². The van der Waals surface area contributed by atoms with E-state index in [-0.39, 0.29) is 5.91 Å². The van der Waals surface area contributed by atoms with Crippen molar-refractivity contribution >= 4 is 5.91 Å². The predicted octanol–water partition coefficient (Wildman–Crippen LogP) is 0.107. The molecular formula is C8H16N2O. The van der Waals surface area contributed by atoms with Crippen LogP contribution in [0.3, 0.4) is 0 Å². The summed E-state index contributed by atoms with van der Waals surface area (Å²) in [5.41, 5.74) is 5.28. The van der Waals surface area contributed by atoms with Crippen LogP contribution in [0, 0.1) is 11.8 Å². The van der Waals surface area contributed by atoms with Crippen molar-refractivity contribution < 1.29 is 4.79 Å². The molecule has 2 unspecified atom stereocenters. The highest BCUT2D eigenvalue weighted by Crippen LogP contribution is 2.37. The van der Waals surface area contributed by atoms with Crippen molar-refractivity contribution in [1.82, 2.24) is 5.32 Å². The summed E-state index contributed by atoms with van der Waals surface area (Å²) in [6.07, 6.45) is 1.95. The van der Waals surface area contributed by atoms with Crippen LogP contribution in [0.5, 0.6) is 0 Å². The molecule has 11 heavy (non-hydrogen) atoms. The summed E-state index contributed by atoms with van der Waals surface area (Å²) in [5.74, 6) is 1.12. The monoisotopic (exact) mass is 156 g/mol. The smallest absolute Gasteiger partial charge is 0.223 e. The van der Waals surface area contributed by atoms with E-state index in [4.69, 9.17) is 5.73 Å². The second-order valence-electron chi connectivity index (χ2n) is 3.25. The van der Waals surface area contributed by atoms with E-state index in [0.717, 1.165) is 19.4 Å². The van der Waals surface area contributed by atoms with Crippen LogP contribution in [-0.2, 0) is 4.79 Å². The van der Waals surface area contributed by atoms with Crippen LogP contribution in [0.1, 0.15) is 19.8 Å². The first-order chi connectivity index (χ1) is 5.25. The second kappa shape index (κ2) is 3.72. The maximum absolute atomic E-state index is 11.1. The highest BCUT2D eigenvalue weighted by atomic mass is 16.2. The summed E-state index contributed by atoms with van der Waals surface area (Å²) in [5, 5.41) is 2.86. The number of carbonyl (C=O) groups is 1. The second-order valence-corrected chi connectivity index (χ2v) is 3.25. The maximum Gasteiger partial charge on any atom is 0.223 e. The van der Waals surface area contributed by atoms with E-state index in [1.54, 1.807) is 0 Å². The van der Waals surface area contributed by atoms with Gasteiger partial charge in [-0.15, -0.1) is 0 Å². The first-order valence-corrected chi connectivity index (χ1v) is 4.23. The van der Waals surface area contributed by atoms with Crippen LogP contribution in [0.15, 0.2) is 0 Å². The average molecular weight is 156 g/mol. The van der Waals surface area contributed by atoms with Crippen LogP contribution in [0.2, 0.25) is 0 Å². The molecule has 2 atom stereocenters. The number of hydrogen-bond donors (Lipinski definition) is 2. The number of nitrogens with one attached hydrogen (secondary N) is 1. The Balaban J connectivity index is 2.03. The van der Waals surface area contributed by atoms with Gasteiger partial charge in [-0.05, 0) is 25.3 Å². The zero-order chi connectivity index (χ0) is 8.27. The molecule has 0 spiro atoms. The molecular weight excluding hydrogens is 140 g/mol. The van der Waals surface area contributed by atoms with Gasteiger partial charge in [-0.25, -0.2) is 0 Å². The van der Waals surface area contributed by atoms with Crippen LogP contribution in [0.25, 0.3) is 0 Å². The zero-order valence-corrected chi connectivity index (χ0v) is 6.97. The number of hydrogen-bond acceptors (Lipinski definition) is 2. The van der Waals surface area contributed by atoms with Crippen molar-refractivity contribution in [3.05, 3.63) is 0 Å². The lowest BCUT2D eigenvalue weighted by atomic mass is 10.3. The third-order valence-electron chi connectivity index (χ3n) is 2.13. The summed E-state index contributed by atoms with van der Waals surface area (Å²) in [7, 11) is 0. The molecule has 1 fully saturated rings. The van der Waals surface area contributed by atoms with Gasteiger partial charge in [-0.3, -0.25) is 4.79 Å². The van der Waals surface area contributed by atoms with Crippen LogP contribution < -0.4 is 11.1 Å². The minimum atomic E-state index is 0.214. The van der Waals surface area contributed by atoms with E-state index in [1.165, 1.54) is 0 Å². The minimum absolute atomic E-state index is 0.214. The van der Waals surface area contributed by atoms with Gasteiger partial charge in [-0.2, -0.15) is 0 Å². The third kappa shape index (κ3) is 2.50. The van der Waals surface area contributed by atoms with Gasteiger partial charge in [0.25, 0.3) is 0 Å². The molecule has 1 rings (SSSR count). The first kappa shape index (κ1) is 8.53. The van der Waals surface area contributed by atoms with Gasteiger partial charge < -0.3 is 11.1 Å². The van der Waals surface area contributed by atoms with Crippen molar-refractivity contribution in [3.63, 3.8) is 0 Å². The third-order valence-corrected chi connectivity index (χ3v) is 2.13. The number of carbonyl (C=O) groups excluding carboxylic acids is 1. The SMILES string of the molecule is CC1CC1C(=O)NCCCN. The summed E-state index contributed by atoms with van der Waals surface area (Å²) >= 11 is 0. The highest BCUT2D eigenvalue weighted by molar-refractivity contribution is 5.81. The fraction of sp³-hybridized carbons (Fsp3) is 0.875. The molecule has 1 aliphatic rings.